The van der Waals surface area contributed by atoms with Gasteiger partial charge in [-0.3, -0.25) is 14.2 Å². The second kappa shape index (κ2) is 15.3. The van der Waals surface area contributed by atoms with Crippen LogP contribution in [0.5, 0.6) is 5.19 Å². The Balaban J connectivity index is 1.20. The minimum atomic E-state index is -3.19. The minimum absolute atomic E-state index is 0.0680. The average molecular weight is 761 g/mol. The highest BCUT2D eigenvalue weighted by Gasteiger charge is 2.52. The number of rotatable bonds is 13. The van der Waals surface area contributed by atoms with Crippen LogP contribution in [-0.2, 0) is 10.8 Å². The summed E-state index contributed by atoms with van der Waals surface area (Å²) in [6.45, 7) is 10.5. The highest BCUT2D eigenvalue weighted by Crippen LogP contribution is 2.45. The van der Waals surface area contributed by atoms with Crippen molar-refractivity contribution in [1.82, 2.24) is 19.8 Å². The van der Waals surface area contributed by atoms with E-state index in [9.17, 15) is 4.39 Å². The summed E-state index contributed by atoms with van der Waals surface area (Å²) in [6.07, 6.45) is 3.70. The summed E-state index contributed by atoms with van der Waals surface area (Å²) in [5.41, 5.74) is 3.08. The highest BCUT2D eigenvalue weighted by molar-refractivity contribution is 7.13. The molecule has 3 aromatic carbocycles. The number of hydrogen-bond acceptors (Lipinski definition) is 6. The van der Waals surface area contributed by atoms with E-state index in [1.54, 1.807) is 6.20 Å². The average Bonchev–Trinajstić information content (AvgIpc) is 3.85. The molecule has 2 aliphatic heterocycles. The van der Waals surface area contributed by atoms with Crippen LogP contribution in [0.2, 0.25) is 5.04 Å². The molecule has 1 fully saturated rings. The number of H-pyrrole nitrogens is 1. The zero-order valence-electron chi connectivity index (χ0n) is 31.3. The first-order valence-corrected chi connectivity index (χ1v) is 21.5. The van der Waals surface area contributed by atoms with Gasteiger partial charge in [-0.25, -0.2) is 13.8 Å². The Morgan fingerprint density at radius 1 is 0.943 bits per heavy atom. The van der Waals surface area contributed by atoms with Gasteiger partial charge in [-0.15, -0.1) is 0 Å². The van der Waals surface area contributed by atoms with Gasteiger partial charge in [0.1, 0.15) is 6.10 Å². The van der Waals surface area contributed by atoms with Crippen LogP contribution in [-0.4, -0.2) is 85.1 Å². The zero-order valence-corrected chi connectivity index (χ0v) is 33.1. The fraction of sp³-hybridized carbons (Fsp3) is 0.452. The Morgan fingerprint density at radius 3 is 2.26 bits per heavy atom. The minimum Gasteiger partial charge on any atom is -0.465 e. The van der Waals surface area contributed by atoms with E-state index in [-0.39, 0.29) is 24.9 Å². The molecule has 0 unspecified atom stereocenters. The number of hydrogen-bond donors (Lipinski definition) is 1. The van der Waals surface area contributed by atoms with Crippen molar-refractivity contribution in [3.63, 3.8) is 0 Å². The lowest BCUT2D eigenvalue weighted by Crippen LogP contribution is -2.67. The molecule has 7 rings (SSSR count). The van der Waals surface area contributed by atoms with Crippen LogP contribution >= 0.6 is 11.3 Å². The van der Waals surface area contributed by atoms with Gasteiger partial charge in [-0.2, -0.15) is 0 Å². The quantitative estimate of drug-likeness (QED) is 0.122. The Bertz CT molecular complexity index is 1930. The molecule has 1 N–H and O–H groups in total. The second-order valence-corrected chi connectivity index (χ2v) is 21.1. The number of thiazole rings is 1. The van der Waals surface area contributed by atoms with Gasteiger partial charge >= 0.3 is 0 Å². The number of aromatic amines is 1. The van der Waals surface area contributed by atoms with Gasteiger partial charge < -0.3 is 14.1 Å². The molecule has 0 radical (unpaired) electrons. The maximum atomic E-state index is 16.8. The smallest absolute Gasteiger partial charge is 0.282 e. The maximum absolute atomic E-state index is 16.8. The first-order valence-electron chi connectivity index (χ1n) is 18.8. The van der Waals surface area contributed by atoms with Gasteiger partial charge in [-0.1, -0.05) is 111 Å². The summed E-state index contributed by atoms with van der Waals surface area (Å²) in [5.74, 6) is -3.17. The van der Waals surface area contributed by atoms with E-state index >= 15 is 8.78 Å². The summed E-state index contributed by atoms with van der Waals surface area (Å²) in [5, 5.41) is 3.17. The molecule has 53 heavy (non-hydrogen) atoms. The highest BCUT2D eigenvalue weighted by atomic mass is 32.1. The van der Waals surface area contributed by atoms with E-state index in [4.69, 9.17) is 14.1 Å². The van der Waals surface area contributed by atoms with Gasteiger partial charge in [-0.05, 0) is 60.2 Å². The van der Waals surface area contributed by atoms with E-state index < -0.39 is 38.5 Å². The largest absolute Gasteiger partial charge is 0.465 e. The van der Waals surface area contributed by atoms with E-state index in [2.05, 4.69) is 43.6 Å². The van der Waals surface area contributed by atoms with Crippen molar-refractivity contribution in [2.75, 3.05) is 32.9 Å². The van der Waals surface area contributed by atoms with Crippen LogP contribution in [0.15, 0.2) is 91.1 Å². The monoisotopic (exact) mass is 760 g/mol. The molecular formula is C42H51F3N4O2SSi. The predicted octanol–water partition coefficient (Wildman–Crippen LogP) is 8.37. The van der Waals surface area contributed by atoms with Crippen molar-refractivity contribution in [2.45, 2.75) is 89.1 Å². The van der Waals surface area contributed by atoms with E-state index in [1.165, 1.54) is 11.3 Å². The molecule has 2 aromatic heterocycles. The lowest BCUT2D eigenvalue weighted by atomic mass is 9.91. The number of ether oxygens (including phenoxy) is 1. The summed E-state index contributed by atoms with van der Waals surface area (Å²) in [4.78, 5) is 13.4. The van der Waals surface area contributed by atoms with Crippen molar-refractivity contribution >= 4 is 40.9 Å². The Kier molecular flexibility index (Phi) is 10.9. The SMILES string of the molecule is C[C@@H]1Cc2c([nH]c3ccccc23)[C@@H](c2cnc(O[C@@H]3CCN(CCCF)[C@H]3C)s2)N1CC(F)(F)CO[Si](c1ccccc1)(c1ccccc1)C(C)(C)C. The van der Waals surface area contributed by atoms with Crippen molar-refractivity contribution < 1.29 is 22.3 Å². The molecular weight excluding hydrogens is 710 g/mol. The van der Waals surface area contributed by atoms with Crippen molar-refractivity contribution in [3.05, 3.63) is 107 Å². The van der Waals surface area contributed by atoms with Crippen molar-refractivity contribution in [2.24, 2.45) is 0 Å². The Morgan fingerprint density at radius 2 is 1.60 bits per heavy atom. The fourth-order valence-electron chi connectivity index (χ4n) is 8.64. The lowest BCUT2D eigenvalue weighted by molar-refractivity contribution is -0.0818. The molecule has 0 bridgehead atoms. The number of halogens is 3. The second-order valence-electron chi connectivity index (χ2n) is 15.8. The van der Waals surface area contributed by atoms with Gasteiger partial charge in [0.05, 0.1) is 30.7 Å². The third-order valence-corrected chi connectivity index (χ3v) is 17.2. The molecule has 0 aliphatic carbocycles. The molecule has 6 nitrogen and oxygen atoms in total. The lowest BCUT2D eigenvalue weighted by Gasteiger charge is -2.45. The Hall–Kier alpha value is -3.48. The molecule has 2 aliphatic rings. The van der Waals surface area contributed by atoms with Crippen LogP contribution in [0.1, 0.15) is 69.6 Å². The number of nitrogens with zero attached hydrogens (tertiary/aromatic N) is 3. The Labute approximate surface area is 316 Å². The van der Waals surface area contributed by atoms with Gasteiger partial charge in [0.15, 0.2) is 0 Å². The summed E-state index contributed by atoms with van der Waals surface area (Å²) < 4.78 is 59.8. The van der Waals surface area contributed by atoms with Crippen LogP contribution in [0.4, 0.5) is 13.2 Å². The number of fused-ring (bicyclic) bond motifs is 3. The number of likely N-dealkylation sites (tertiary alicyclic amines) is 1. The molecule has 0 amide bonds. The van der Waals surface area contributed by atoms with E-state index in [0.717, 1.165) is 50.4 Å². The van der Waals surface area contributed by atoms with Crippen molar-refractivity contribution in [3.8, 4) is 5.19 Å². The van der Waals surface area contributed by atoms with Crippen molar-refractivity contribution in [1.29, 1.82) is 0 Å². The number of para-hydroxylation sites is 1. The molecule has 11 heteroatoms. The van der Waals surface area contributed by atoms with Gasteiger partial charge in [0, 0.05) is 48.0 Å². The van der Waals surface area contributed by atoms with Gasteiger partial charge in [0.25, 0.3) is 19.4 Å². The van der Waals surface area contributed by atoms with Crippen LogP contribution < -0.4 is 15.1 Å². The summed E-state index contributed by atoms with van der Waals surface area (Å²) in [7, 11) is -3.19. The van der Waals surface area contributed by atoms with Gasteiger partial charge in [0.2, 0.25) is 0 Å². The first kappa shape index (κ1) is 37.8. The molecule has 1 saturated heterocycles. The molecule has 0 spiro atoms. The standard InChI is InChI=1S/C42H51F3N4O2SSi/c1-29-25-34-33-19-12-13-20-35(33)47-38(34)39(37-26-46-40(52-37)51-36-21-24-48(30(36)2)23-14-22-43)49(29)27-42(44,45)28-50-53(41(3,4)5,31-15-8-6-9-16-31)32-17-10-7-11-18-32/h6-13,15-20,26,29-30,36,39,47H,14,21-25,27-28H2,1-5H3/t29-,30+,36-,39-/m1/s1. The van der Waals surface area contributed by atoms with E-state index in [0.29, 0.717) is 24.6 Å². The topological polar surface area (TPSA) is 53.6 Å². The number of aromatic nitrogens is 2. The maximum Gasteiger partial charge on any atom is 0.282 e. The number of nitrogens with one attached hydrogen (secondary N) is 1. The van der Waals surface area contributed by atoms with Crippen LogP contribution in [0.3, 0.4) is 0 Å². The first-order chi connectivity index (χ1) is 25.4. The molecule has 4 heterocycles. The van der Waals surface area contributed by atoms with E-state index in [1.807, 2.05) is 90.7 Å². The molecule has 282 valence electrons. The number of benzene rings is 3. The summed E-state index contributed by atoms with van der Waals surface area (Å²) in [6, 6.07) is 27.5. The third kappa shape index (κ3) is 7.47. The molecule has 0 saturated carbocycles. The molecule has 4 atom stereocenters. The summed E-state index contributed by atoms with van der Waals surface area (Å²) >= 11 is 1.43. The number of alkyl halides is 3. The normalized spacial score (nSPS) is 21.7. The fourth-order valence-corrected chi connectivity index (χ4v) is 14.2. The third-order valence-electron chi connectivity index (χ3n) is 11.3. The molecule has 5 aromatic rings. The zero-order chi connectivity index (χ0) is 37.4. The van der Waals surface area contributed by atoms with Crippen LogP contribution in [0, 0.1) is 0 Å². The predicted molar refractivity (Wildman–Crippen MR) is 211 cm³/mol. The van der Waals surface area contributed by atoms with Crippen LogP contribution in [0.25, 0.3) is 10.9 Å².